The lowest BCUT2D eigenvalue weighted by molar-refractivity contribution is 0.0937. The van der Waals surface area contributed by atoms with Gasteiger partial charge in [0.15, 0.2) is 9.84 Å². The molecule has 0 aliphatic heterocycles. The van der Waals surface area contributed by atoms with Gasteiger partial charge in [0.1, 0.15) is 17.1 Å². The highest BCUT2D eigenvalue weighted by atomic mass is 32.2. The summed E-state index contributed by atoms with van der Waals surface area (Å²) in [5, 5.41) is 4.07. The van der Waals surface area contributed by atoms with Crippen molar-refractivity contribution in [3.8, 4) is 11.6 Å². The maximum atomic E-state index is 13.0. The minimum atomic E-state index is -3.27. The molecule has 1 N–H and O–H groups in total. The van der Waals surface area contributed by atoms with Crippen LogP contribution < -0.4 is 10.1 Å². The predicted octanol–water partition coefficient (Wildman–Crippen LogP) is 3.60. The molecule has 1 heterocycles. The molecule has 158 valence electrons. The molecule has 2 fully saturated rings. The first-order valence-electron chi connectivity index (χ1n) is 10.2. The Kier molecular flexibility index (Phi) is 5.85. The van der Waals surface area contributed by atoms with E-state index in [2.05, 4.69) is 15.3 Å². The number of carbonyl (C=O) groups is 1. The normalized spacial score (nSPS) is 18.0. The minimum Gasteiger partial charge on any atom is -0.438 e. The molecule has 0 radical (unpaired) electrons. The monoisotopic (exact) mass is 427 g/mol. The van der Waals surface area contributed by atoms with Gasteiger partial charge < -0.3 is 10.1 Å². The summed E-state index contributed by atoms with van der Waals surface area (Å²) in [7, 11) is -3.27. The van der Waals surface area contributed by atoms with Gasteiger partial charge in [-0.05, 0) is 43.7 Å². The van der Waals surface area contributed by atoms with Gasteiger partial charge in [-0.1, -0.05) is 30.7 Å². The van der Waals surface area contributed by atoms with Gasteiger partial charge in [-0.3, -0.25) is 4.79 Å². The van der Waals surface area contributed by atoms with E-state index in [-0.39, 0.29) is 29.3 Å². The second kappa shape index (κ2) is 8.55. The van der Waals surface area contributed by atoms with Crippen molar-refractivity contribution in [3.05, 3.63) is 59.4 Å². The van der Waals surface area contributed by atoms with Gasteiger partial charge in [-0.15, -0.1) is 0 Å². The summed E-state index contributed by atoms with van der Waals surface area (Å²) in [5.74, 6) is 1.66. The van der Waals surface area contributed by atoms with Gasteiger partial charge in [0.2, 0.25) is 5.88 Å². The van der Waals surface area contributed by atoms with Crippen molar-refractivity contribution in [1.82, 2.24) is 15.3 Å². The molecular formula is C22H25N3O4S. The van der Waals surface area contributed by atoms with Crippen LogP contribution in [0.1, 0.15) is 54.2 Å². The lowest BCUT2D eigenvalue weighted by Gasteiger charge is -2.24. The van der Waals surface area contributed by atoms with Crippen LogP contribution in [-0.4, -0.2) is 36.6 Å². The van der Waals surface area contributed by atoms with Gasteiger partial charge in [-0.2, -0.15) is 4.98 Å². The fourth-order valence-corrected chi connectivity index (χ4v) is 3.77. The second-order valence-electron chi connectivity index (χ2n) is 7.98. The fourth-order valence-electron chi connectivity index (χ4n) is 3.31. The third-order valence-corrected chi connectivity index (χ3v) is 6.06. The Morgan fingerprint density at radius 2 is 1.93 bits per heavy atom. The number of carbonyl (C=O) groups excluding carboxylic acids is 1. The van der Waals surface area contributed by atoms with Crippen LogP contribution in [0.4, 0.5) is 0 Å². The molecule has 30 heavy (non-hydrogen) atoms. The van der Waals surface area contributed by atoms with Crippen molar-refractivity contribution in [3.63, 3.8) is 0 Å². The summed E-state index contributed by atoms with van der Waals surface area (Å²) in [6.45, 7) is 0. The molecule has 0 spiro atoms. The van der Waals surface area contributed by atoms with Gasteiger partial charge >= 0.3 is 0 Å². The number of amides is 1. The molecule has 0 saturated heterocycles. The Balaban J connectivity index is 1.59. The van der Waals surface area contributed by atoms with E-state index in [1.807, 2.05) is 18.2 Å². The van der Waals surface area contributed by atoms with Crippen molar-refractivity contribution in [2.24, 2.45) is 5.92 Å². The molecule has 1 unspecified atom stereocenters. The Morgan fingerprint density at radius 1 is 1.20 bits per heavy atom. The first kappa shape index (κ1) is 20.5. The van der Waals surface area contributed by atoms with Crippen LogP contribution in [0.15, 0.2) is 48.0 Å². The topological polar surface area (TPSA) is 98.2 Å². The van der Waals surface area contributed by atoms with Crippen molar-refractivity contribution in [1.29, 1.82) is 0 Å². The van der Waals surface area contributed by atoms with Crippen LogP contribution >= 0.6 is 0 Å². The summed E-state index contributed by atoms with van der Waals surface area (Å²) in [4.78, 5) is 22.0. The average Bonchev–Trinajstić information content (AvgIpc) is 3.49. The number of benzene rings is 1. The average molecular weight is 428 g/mol. The maximum absolute atomic E-state index is 13.0. The van der Waals surface area contributed by atoms with Crippen molar-refractivity contribution >= 4 is 15.7 Å². The number of para-hydroxylation sites is 1. The maximum Gasteiger partial charge on any atom is 0.258 e. The molecule has 7 nitrogen and oxygen atoms in total. The number of nitrogens with zero attached hydrogens (tertiary/aromatic N) is 2. The molecule has 1 aromatic carbocycles. The molecule has 1 aromatic heterocycles. The quantitative estimate of drug-likeness (QED) is 0.691. The molecule has 4 rings (SSSR count). The molecular weight excluding hydrogens is 402 g/mol. The lowest BCUT2D eigenvalue weighted by Crippen LogP contribution is -2.35. The number of ether oxygens (including phenoxy) is 1. The molecule has 1 amide bonds. The van der Waals surface area contributed by atoms with Crippen molar-refractivity contribution in [2.75, 3.05) is 6.26 Å². The van der Waals surface area contributed by atoms with Gasteiger partial charge in [-0.25, -0.2) is 13.4 Å². The Morgan fingerprint density at radius 3 is 2.53 bits per heavy atom. The van der Waals surface area contributed by atoms with Gasteiger partial charge in [0.25, 0.3) is 5.91 Å². The van der Waals surface area contributed by atoms with Crippen LogP contribution in [0.3, 0.4) is 0 Å². The largest absolute Gasteiger partial charge is 0.438 e. The number of rotatable bonds is 8. The minimum absolute atomic E-state index is 0.220. The van der Waals surface area contributed by atoms with E-state index in [4.69, 9.17) is 4.74 Å². The highest BCUT2D eigenvalue weighted by molar-refractivity contribution is 7.93. The zero-order valence-electron chi connectivity index (χ0n) is 16.8. The standard InChI is InChI=1S/C22H25N3O4S/c1-30(27,28)13-12-19(15-10-11-15)24-21(26)18-14-23-20(16-6-5-7-16)25-22(18)29-17-8-3-2-4-9-17/h2-4,8-9,12-16,19H,5-7,10-11H2,1H3,(H,24,26). The number of hydrogen-bond donors (Lipinski definition) is 1. The highest BCUT2D eigenvalue weighted by Crippen LogP contribution is 2.36. The number of aromatic nitrogens is 2. The molecule has 2 aliphatic rings. The third-order valence-electron chi connectivity index (χ3n) is 5.41. The Hall–Kier alpha value is -2.74. The number of hydrogen-bond acceptors (Lipinski definition) is 6. The smallest absolute Gasteiger partial charge is 0.258 e. The second-order valence-corrected chi connectivity index (χ2v) is 9.92. The van der Waals surface area contributed by atoms with E-state index in [0.29, 0.717) is 17.5 Å². The van der Waals surface area contributed by atoms with E-state index >= 15 is 0 Å². The lowest BCUT2D eigenvalue weighted by atomic mass is 9.85. The summed E-state index contributed by atoms with van der Waals surface area (Å²) >= 11 is 0. The predicted molar refractivity (Wildman–Crippen MR) is 113 cm³/mol. The molecule has 8 heteroatoms. The summed E-state index contributed by atoms with van der Waals surface area (Å²) in [6.07, 6.45) is 9.32. The zero-order valence-corrected chi connectivity index (χ0v) is 17.6. The number of nitrogens with one attached hydrogen (secondary N) is 1. The first-order valence-corrected chi connectivity index (χ1v) is 12.1. The fraction of sp³-hybridized carbons (Fsp3) is 0.409. The third kappa shape index (κ3) is 5.24. The van der Waals surface area contributed by atoms with Gasteiger partial charge in [0.05, 0.1) is 6.04 Å². The summed E-state index contributed by atoms with van der Waals surface area (Å²) in [6, 6.07) is 8.82. The highest BCUT2D eigenvalue weighted by Gasteiger charge is 2.32. The van der Waals surface area contributed by atoms with E-state index in [1.165, 1.54) is 6.20 Å². The van der Waals surface area contributed by atoms with Crippen LogP contribution in [0.25, 0.3) is 0 Å². The van der Waals surface area contributed by atoms with E-state index in [1.54, 1.807) is 18.2 Å². The van der Waals surface area contributed by atoms with Crippen molar-refractivity contribution < 1.29 is 17.9 Å². The van der Waals surface area contributed by atoms with Crippen LogP contribution in [0, 0.1) is 5.92 Å². The molecule has 2 aromatic rings. The molecule has 2 saturated carbocycles. The summed E-state index contributed by atoms with van der Waals surface area (Å²) in [5.41, 5.74) is 0.236. The summed E-state index contributed by atoms with van der Waals surface area (Å²) < 4.78 is 28.9. The van der Waals surface area contributed by atoms with Crippen LogP contribution in [0.5, 0.6) is 11.6 Å². The molecule has 2 aliphatic carbocycles. The van der Waals surface area contributed by atoms with Crippen LogP contribution in [-0.2, 0) is 9.84 Å². The molecule has 1 atom stereocenters. The SMILES string of the molecule is CS(=O)(=O)C=CC(NC(=O)c1cnc(C2CCC2)nc1Oc1ccccc1)C1CC1. The Labute approximate surface area is 176 Å². The van der Waals surface area contributed by atoms with E-state index < -0.39 is 9.84 Å². The van der Waals surface area contributed by atoms with Crippen molar-refractivity contribution in [2.45, 2.75) is 44.1 Å². The molecule has 0 bridgehead atoms. The van der Waals surface area contributed by atoms with E-state index in [9.17, 15) is 13.2 Å². The van der Waals surface area contributed by atoms with Crippen LogP contribution in [0.2, 0.25) is 0 Å². The van der Waals surface area contributed by atoms with E-state index in [0.717, 1.165) is 43.8 Å². The number of sulfone groups is 1. The first-order chi connectivity index (χ1) is 14.4. The zero-order chi connectivity index (χ0) is 21.1. The Bertz CT molecular complexity index is 1050. The van der Waals surface area contributed by atoms with Gasteiger partial charge in [0, 0.05) is 23.8 Å².